The van der Waals surface area contributed by atoms with Crippen molar-refractivity contribution in [1.82, 2.24) is 4.98 Å². The predicted octanol–water partition coefficient (Wildman–Crippen LogP) is 3.62. The number of benzene rings is 2. The SMILES string of the molecule is Cc1[nH]c2ccccc2c1C(=O)[C@H](C)OC(=O)c1ccc2c(c1)C[C@@H](C)N2S(C)(=O)=O. The Morgan fingerprint density at radius 2 is 1.90 bits per heavy atom. The molecule has 8 heteroatoms. The van der Waals surface area contributed by atoms with Crippen LogP contribution in [0.1, 0.15) is 45.8 Å². The first-order valence-corrected chi connectivity index (χ1v) is 11.9. The number of aromatic amines is 1. The average Bonchev–Trinajstić information content (AvgIpc) is 3.21. The average molecular weight is 441 g/mol. The Kier molecular flexibility index (Phi) is 5.13. The largest absolute Gasteiger partial charge is 0.451 e. The van der Waals surface area contributed by atoms with Crippen LogP contribution >= 0.6 is 0 Å². The summed E-state index contributed by atoms with van der Waals surface area (Å²) in [6, 6.07) is 12.1. The lowest BCUT2D eigenvalue weighted by molar-refractivity contribution is 0.0319. The highest BCUT2D eigenvalue weighted by molar-refractivity contribution is 7.92. The van der Waals surface area contributed by atoms with E-state index in [0.717, 1.165) is 22.2 Å². The molecule has 2 atom stereocenters. The molecule has 3 aromatic rings. The van der Waals surface area contributed by atoms with Crippen LogP contribution in [-0.4, -0.2) is 43.6 Å². The molecule has 0 bridgehead atoms. The topological polar surface area (TPSA) is 96.5 Å². The maximum absolute atomic E-state index is 13.0. The number of anilines is 1. The fourth-order valence-electron chi connectivity index (χ4n) is 4.31. The van der Waals surface area contributed by atoms with Crippen LogP contribution in [0.3, 0.4) is 0 Å². The molecule has 0 saturated heterocycles. The highest BCUT2D eigenvalue weighted by Gasteiger charge is 2.33. The minimum atomic E-state index is -3.41. The van der Waals surface area contributed by atoms with Crippen molar-refractivity contribution in [2.24, 2.45) is 0 Å². The van der Waals surface area contributed by atoms with E-state index in [9.17, 15) is 18.0 Å². The minimum absolute atomic E-state index is 0.221. The molecular formula is C23H24N2O5S. The molecule has 0 radical (unpaired) electrons. The normalized spacial score (nSPS) is 16.9. The Bertz CT molecular complexity index is 1310. The molecule has 0 fully saturated rings. The Hall–Kier alpha value is -3.13. The van der Waals surface area contributed by atoms with Crippen molar-refractivity contribution < 1.29 is 22.7 Å². The van der Waals surface area contributed by atoms with Crippen molar-refractivity contribution in [3.63, 3.8) is 0 Å². The summed E-state index contributed by atoms with van der Waals surface area (Å²) in [5.41, 5.74) is 3.72. The summed E-state index contributed by atoms with van der Waals surface area (Å²) >= 11 is 0. The molecule has 2 heterocycles. The van der Waals surface area contributed by atoms with Crippen LogP contribution in [0.4, 0.5) is 5.69 Å². The van der Waals surface area contributed by atoms with E-state index in [-0.39, 0.29) is 17.4 Å². The third kappa shape index (κ3) is 3.72. The molecule has 0 amide bonds. The number of hydrogen-bond acceptors (Lipinski definition) is 5. The zero-order chi connectivity index (χ0) is 22.5. The highest BCUT2D eigenvalue weighted by Crippen LogP contribution is 2.35. The fraction of sp³-hybridized carbons (Fsp3) is 0.304. The van der Waals surface area contributed by atoms with E-state index >= 15 is 0 Å². The van der Waals surface area contributed by atoms with E-state index in [1.54, 1.807) is 19.1 Å². The molecule has 1 aliphatic rings. The molecule has 1 N–H and O–H groups in total. The lowest BCUT2D eigenvalue weighted by Gasteiger charge is -2.22. The number of rotatable bonds is 5. The van der Waals surface area contributed by atoms with Gasteiger partial charge in [0, 0.05) is 28.2 Å². The first-order valence-electron chi connectivity index (χ1n) is 10.0. The van der Waals surface area contributed by atoms with Crippen LogP contribution < -0.4 is 4.31 Å². The summed E-state index contributed by atoms with van der Waals surface area (Å²) in [5.74, 6) is -0.895. The van der Waals surface area contributed by atoms with Gasteiger partial charge in [0.1, 0.15) is 0 Å². The number of ether oxygens (including phenoxy) is 1. The van der Waals surface area contributed by atoms with E-state index in [0.29, 0.717) is 17.7 Å². The van der Waals surface area contributed by atoms with Crippen molar-refractivity contribution in [1.29, 1.82) is 0 Å². The van der Waals surface area contributed by atoms with Gasteiger partial charge in [0.05, 0.1) is 17.5 Å². The number of H-pyrrole nitrogens is 1. The van der Waals surface area contributed by atoms with Gasteiger partial charge in [-0.1, -0.05) is 18.2 Å². The smallest absolute Gasteiger partial charge is 0.338 e. The predicted molar refractivity (Wildman–Crippen MR) is 119 cm³/mol. The highest BCUT2D eigenvalue weighted by atomic mass is 32.2. The Labute approximate surface area is 181 Å². The lowest BCUT2D eigenvalue weighted by atomic mass is 10.0. The van der Waals surface area contributed by atoms with Gasteiger partial charge in [0.2, 0.25) is 15.8 Å². The first kappa shape index (κ1) is 21.1. The number of nitrogens with zero attached hydrogens (tertiary/aromatic N) is 1. The van der Waals surface area contributed by atoms with Crippen molar-refractivity contribution >= 4 is 38.4 Å². The van der Waals surface area contributed by atoms with Crippen molar-refractivity contribution in [3.8, 4) is 0 Å². The van der Waals surface area contributed by atoms with Crippen LogP contribution in [0.25, 0.3) is 10.9 Å². The van der Waals surface area contributed by atoms with Gasteiger partial charge in [-0.3, -0.25) is 9.10 Å². The molecule has 4 rings (SSSR count). The maximum atomic E-state index is 13.0. The van der Waals surface area contributed by atoms with Gasteiger partial charge < -0.3 is 9.72 Å². The number of carbonyl (C=O) groups excluding carboxylic acids is 2. The number of nitrogens with one attached hydrogen (secondary N) is 1. The molecule has 31 heavy (non-hydrogen) atoms. The van der Waals surface area contributed by atoms with Crippen LogP contribution in [0, 0.1) is 6.92 Å². The van der Waals surface area contributed by atoms with Crippen LogP contribution in [0.15, 0.2) is 42.5 Å². The van der Waals surface area contributed by atoms with Gasteiger partial charge in [-0.05, 0) is 57.0 Å². The molecule has 0 spiro atoms. The summed E-state index contributed by atoms with van der Waals surface area (Å²) in [6.07, 6.45) is 0.706. The maximum Gasteiger partial charge on any atom is 0.338 e. The molecule has 1 aliphatic heterocycles. The second kappa shape index (κ2) is 7.53. The van der Waals surface area contributed by atoms with Crippen LogP contribution in [0.2, 0.25) is 0 Å². The lowest BCUT2D eigenvalue weighted by Crippen LogP contribution is -2.34. The minimum Gasteiger partial charge on any atom is -0.451 e. The van der Waals surface area contributed by atoms with Crippen LogP contribution in [-0.2, 0) is 21.2 Å². The number of sulfonamides is 1. The fourth-order valence-corrected chi connectivity index (χ4v) is 5.58. The number of fused-ring (bicyclic) bond motifs is 2. The summed E-state index contributed by atoms with van der Waals surface area (Å²) < 4.78 is 31.0. The molecular weight excluding hydrogens is 416 g/mol. The molecule has 162 valence electrons. The summed E-state index contributed by atoms with van der Waals surface area (Å²) in [4.78, 5) is 28.9. The van der Waals surface area contributed by atoms with Gasteiger partial charge >= 0.3 is 5.97 Å². The second-order valence-electron chi connectivity index (χ2n) is 8.04. The van der Waals surface area contributed by atoms with Gasteiger partial charge in [-0.15, -0.1) is 0 Å². The van der Waals surface area contributed by atoms with Crippen LogP contribution in [0.5, 0.6) is 0 Å². The molecule has 7 nitrogen and oxygen atoms in total. The number of esters is 1. The number of ketones is 1. The third-order valence-corrected chi connectivity index (χ3v) is 6.89. The van der Waals surface area contributed by atoms with E-state index in [2.05, 4.69) is 4.98 Å². The number of Topliss-reactive ketones (excluding diaryl/α,β-unsaturated/α-hetero) is 1. The van der Waals surface area contributed by atoms with Gasteiger partial charge in [0.15, 0.2) is 6.10 Å². The van der Waals surface area contributed by atoms with E-state index in [4.69, 9.17) is 4.74 Å². The Morgan fingerprint density at radius 3 is 2.61 bits per heavy atom. The van der Waals surface area contributed by atoms with E-state index in [1.165, 1.54) is 16.6 Å². The zero-order valence-electron chi connectivity index (χ0n) is 17.8. The summed E-state index contributed by atoms with van der Waals surface area (Å²) in [6.45, 7) is 5.20. The zero-order valence-corrected chi connectivity index (χ0v) is 18.6. The Balaban J connectivity index is 1.56. The molecule has 1 aromatic heterocycles. The number of para-hydroxylation sites is 1. The van der Waals surface area contributed by atoms with E-state index < -0.39 is 22.1 Å². The standard InChI is InChI=1S/C23H24N2O5S/c1-13-11-17-12-16(9-10-20(17)25(13)31(4,28)29)23(27)30-15(3)22(26)21-14(2)24-19-8-6-5-7-18(19)21/h5-10,12-13,15,24H,11H2,1-4H3/t13-,15+/m1/s1. The van der Waals surface area contributed by atoms with Crippen molar-refractivity contribution in [2.75, 3.05) is 10.6 Å². The number of aryl methyl sites for hydroxylation is 1. The van der Waals surface area contributed by atoms with Gasteiger partial charge in [-0.2, -0.15) is 0 Å². The monoisotopic (exact) mass is 440 g/mol. The molecule has 0 saturated carbocycles. The van der Waals surface area contributed by atoms with E-state index in [1.807, 2.05) is 38.1 Å². The quantitative estimate of drug-likeness (QED) is 0.483. The summed E-state index contributed by atoms with van der Waals surface area (Å²) in [5, 5.41) is 0.792. The third-order valence-electron chi connectivity index (χ3n) is 5.62. The van der Waals surface area contributed by atoms with Gasteiger partial charge in [-0.25, -0.2) is 13.2 Å². The number of aromatic nitrogens is 1. The first-order chi connectivity index (χ1) is 14.6. The van der Waals surface area contributed by atoms with Crippen molar-refractivity contribution in [3.05, 3.63) is 64.8 Å². The Morgan fingerprint density at radius 1 is 1.19 bits per heavy atom. The molecule has 2 aromatic carbocycles. The molecule has 0 unspecified atom stereocenters. The summed E-state index contributed by atoms with van der Waals surface area (Å²) in [7, 11) is -3.41. The number of hydrogen-bond donors (Lipinski definition) is 1. The van der Waals surface area contributed by atoms with Gasteiger partial charge in [0.25, 0.3) is 0 Å². The second-order valence-corrected chi connectivity index (χ2v) is 9.90. The molecule has 0 aliphatic carbocycles. The van der Waals surface area contributed by atoms with Crippen molar-refractivity contribution in [2.45, 2.75) is 39.3 Å². The number of carbonyl (C=O) groups is 2.